The Bertz CT molecular complexity index is 926. The SMILES string of the molecule is Nc1cccc2[nH]c(-c3ccc4nccnc4c3)nc12. The molecule has 0 amide bonds. The van der Waals surface area contributed by atoms with Crippen LogP contribution in [0.2, 0.25) is 0 Å². The molecule has 20 heavy (non-hydrogen) atoms. The lowest BCUT2D eigenvalue weighted by Gasteiger charge is -1.99. The number of nitrogen functional groups attached to an aromatic ring is 1. The molecule has 2 aromatic heterocycles. The second-order valence-electron chi connectivity index (χ2n) is 4.59. The Labute approximate surface area is 114 Å². The quantitative estimate of drug-likeness (QED) is 0.516. The van der Waals surface area contributed by atoms with E-state index in [0.29, 0.717) is 5.69 Å². The van der Waals surface area contributed by atoms with Gasteiger partial charge >= 0.3 is 0 Å². The number of para-hydroxylation sites is 1. The third-order valence-electron chi connectivity index (χ3n) is 3.29. The number of imidazole rings is 1. The van der Waals surface area contributed by atoms with Crippen molar-refractivity contribution in [3.8, 4) is 11.4 Å². The molecule has 4 rings (SSSR count). The van der Waals surface area contributed by atoms with E-state index in [-0.39, 0.29) is 0 Å². The Morgan fingerprint density at radius 3 is 2.65 bits per heavy atom. The van der Waals surface area contributed by atoms with Gasteiger partial charge in [-0.15, -0.1) is 0 Å². The molecule has 0 saturated carbocycles. The molecule has 0 aliphatic carbocycles. The summed E-state index contributed by atoms with van der Waals surface area (Å²) in [6.45, 7) is 0. The number of nitrogens with one attached hydrogen (secondary N) is 1. The van der Waals surface area contributed by atoms with Gasteiger partial charge in [-0.1, -0.05) is 6.07 Å². The molecule has 0 aliphatic rings. The molecule has 2 heterocycles. The highest BCUT2D eigenvalue weighted by Gasteiger charge is 2.08. The summed E-state index contributed by atoms with van der Waals surface area (Å²) < 4.78 is 0. The van der Waals surface area contributed by atoms with E-state index in [0.717, 1.165) is 33.5 Å². The zero-order chi connectivity index (χ0) is 13.5. The second-order valence-corrected chi connectivity index (χ2v) is 4.59. The Hall–Kier alpha value is -2.95. The fourth-order valence-electron chi connectivity index (χ4n) is 2.30. The van der Waals surface area contributed by atoms with E-state index < -0.39 is 0 Å². The van der Waals surface area contributed by atoms with Gasteiger partial charge < -0.3 is 10.7 Å². The highest BCUT2D eigenvalue weighted by atomic mass is 14.9. The maximum atomic E-state index is 5.93. The van der Waals surface area contributed by atoms with Gasteiger partial charge in [0.2, 0.25) is 0 Å². The van der Waals surface area contributed by atoms with Gasteiger partial charge in [0, 0.05) is 18.0 Å². The fraction of sp³-hybridized carbons (Fsp3) is 0. The van der Waals surface area contributed by atoms with Crippen LogP contribution in [0.4, 0.5) is 5.69 Å². The summed E-state index contributed by atoms with van der Waals surface area (Å²) in [5.74, 6) is 0.783. The minimum Gasteiger partial charge on any atom is -0.397 e. The molecule has 0 fully saturated rings. The van der Waals surface area contributed by atoms with Crippen LogP contribution in [-0.2, 0) is 0 Å². The minimum absolute atomic E-state index is 0.672. The van der Waals surface area contributed by atoms with Gasteiger partial charge in [0.25, 0.3) is 0 Å². The second kappa shape index (κ2) is 4.03. The maximum Gasteiger partial charge on any atom is 0.138 e. The standard InChI is InChI=1S/C15H11N5/c16-10-2-1-3-12-14(10)20-15(19-12)9-4-5-11-13(8-9)18-7-6-17-11/h1-8H,16H2,(H,19,20). The number of hydrogen-bond donors (Lipinski definition) is 2. The Kier molecular flexibility index (Phi) is 2.20. The van der Waals surface area contributed by atoms with E-state index in [4.69, 9.17) is 5.73 Å². The van der Waals surface area contributed by atoms with E-state index in [2.05, 4.69) is 19.9 Å². The first-order valence-corrected chi connectivity index (χ1v) is 6.26. The molecule has 4 aromatic rings. The van der Waals surface area contributed by atoms with Crippen LogP contribution < -0.4 is 5.73 Å². The number of hydrogen-bond acceptors (Lipinski definition) is 4. The van der Waals surface area contributed by atoms with Gasteiger partial charge in [0.15, 0.2) is 0 Å². The van der Waals surface area contributed by atoms with Gasteiger partial charge in [-0.05, 0) is 30.3 Å². The molecule has 3 N–H and O–H groups in total. The predicted molar refractivity (Wildman–Crippen MR) is 79.0 cm³/mol. The topological polar surface area (TPSA) is 80.5 Å². The molecule has 96 valence electrons. The van der Waals surface area contributed by atoms with E-state index >= 15 is 0 Å². The number of nitrogens with zero attached hydrogens (tertiary/aromatic N) is 3. The normalized spacial score (nSPS) is 11.2. The van der Waals surface area contributed by atoms with E-state index in [1.165, 1.54) is 0 Å². The highest BCUT2D eigenvalue weighted by Crippen LogP contribution is 2.25. The van der Waals surface area contributed by atoms with Gasteiger partial charge in [-0.2, -0.15) is 0 Å². The van der Waals surface area contributed by atoms with Crippen LogP contribution in [0.5, 0.6) is 0 Å². The predicted octanol–water partition coefficient (Wildman–Crippen LogP) is 2.76. The average Bonchev–Trinajstić information content (AvgIpc) is 2.92. The van der Waals surface area contributed by atoms with Crippen LogP contribution in [0, 0.1) is 0 Å². The molecule has 0 aliphatic heterocycles. The van der Waals surface area contributed by atoms with Crippen LogP contribution in [0.25, 0.3) is 33.5 Å². The number of fused-ring (bicyclic) bond motifs is 2. The Morgan fingerprint density at radius 1 is 0.950 bits per heavy atom. The molecular formula is C15H11N5. The summed E-state index contributed by atoms with van der Waals surface area (Å²) in [6, 6.07) is 11.6. The molecule has 0 bridgehead atoms. The van der Waals surface area contributed by atoms with Crippen LogP contribution in [-0.4, -0.2) is 19.9 Å². The lowest BCUT2D eigenvalue weighted by molar-refractivity contribution is 1.28. The first-order valence-electron chi connectivity index (χ1n) is 6.26. The van der Waals surface area contributed by atoms with Gasteiger partial charge in [-0.25, -0.2) is 4.98 Å². The molecule has 5 heteroatoms. The summed E-state index contributed by atoms with van der Waals surface area (Å²) in [6.07, 6.45) is 3.37. The summed E-state index contributed by atoms with van der Waals surface area (Å²) >= 11 is 0. The highest BCUT2D eigenvalue weighted by molar-refractivity contribution is 5.90. The molecule has 0 spiro atoms. The van der Waals surface area contributed by atoms with Crippen molar-refractivity contribution in [3.63, 3.8) is 0 Å². The maximum absolute atomic E-state index is 5.93. The number of aromatic nitrogens is 4. The molecule has 0 radical (unpaired) electrons. The first-order chi connectivity index (χ1) is 9.81. The molecule has 0 atom stereocenters. The van der Waals surface area contributed by atoms with Crippen molar-refractivity contribution in [2.45, 2.75) is 0 Å². The minimum atomic E-state index is 0.672. The van der Waals surface area contributed by atoms with E-state index in [9.17, 15) is 0 Å². The number of benzene rings is 2. The molecule has 0 unspecified atom stereocenters. The van der Waals surface area contributed by atoms with Crippen LogP contribution in [0.1, 0.15) is 0 Å². The monoisotopic (exact) mass is 261 g/mol. The van der Waals surface area contributed by atoms with Crippen molar-refractivity contribution in [2.24, 2.45) is 0 Å². The summed E-state index contributed by atoms with van der Waals surface area (Å²) in [4.78, 5) is 16.4. The summed E-state index contributed by atoms with van der Waals surface area (Å²) in [7, 11) is 0. The van der Waals surface area contributed by atoms with Crippen molar-refractivity contribution in [1.82, 2.24) is 19.9 Å². The van der Waals surface area contributed by atoms with Crippen molar-refractivity contribution in [2.75, 3.05) is 5.73 Å². The van der Waals surface area contributed by atoms with Crippen molar-refractivity contribution in [3.05, 3.63) is 48.8 Å². The van der Waals surface area contributed by atoms with E-state index in [1.54, 1.807) is 12.4 Å². The number of rotatable bonds is 1. The van der Waals surface area contributed by atoms with Gasteiger partial charge in [0.05, 0.1) is 22.2 Å². The molecule has 2 aromatic carbocycles. The first kappa shape index (κ1) is 10.9. The number of anilines is 1. The van der Waals surface area contributed by atoms with Crippen molar-refractivity contribution >= 4 is 27.8 Å². The van der Waals surface area contributed by atoms with Crippen molar-refractivity contribution < 1.29 is 0 Å². The number of H-pyrrole nitrogens is 1. The van der Waals surface area contributed by atoms with Crippen LogP contribution >= 0.6 is 0 Å². The third-order valence-corrected chi connectivity index (χ3v) is 3.29. The lowest BCUT2D eigenvalue weighted by Crippen LogP contribution is -1.86. The fourth-order valence-corrected chi connectivity index (χ4v) is 2.30. The largest absolute Gasteiger partial charge is 0.397 e. The van der Waals surface area contributed by atoms with Crippen molar-refractivity contribution in [1.29, 1.82) is 0 Å². The smallest absolute Gasteiger partial charge is 0.138 e. The van der Waals surface area contributed by atoms with E-state index in [1.807, 2.05) is 36.4 Å². The van der Waals surface area contributed by atoms with Crippen LogP contribution in [0.15, 0.2) is 48.8 Å². The Balaban J connectivity index is 1.94. The zero-order valence-electron chi connectivity index (χ0n) is 10.5. The third kappa shape index (κ3) is 1.60. The summed E-state index contributed by atoms with van der Waals surface area (Å²) in [5, 5.41) is 0. The number of nitrogens with two attached hydrogens (primary N) is 1. The molecular weight excluding hydrogens is 250 g/mol. The molecule has 0 saturated heterocycles. The zero-order valence-corrected chi connectivity index (χ0v) is 10.5. The number of aromatic amines is 1. The molecule has 5 nitrogen and oxygen atoms in total. The summed E-state index contributed by atoms with van der Waals surface area (Å²) in [5.41, 5.74) is 11.0. The lowest BCUT2D eigenvalue weighted by atomic mass is 10.2. The average molecular weight is 261 g/mol. The van der Waals surface area contributed by atoms with Gasteiger partial charge in [-0.3, -0.25) is 9.97 Å². The Morgan fingerprint density at radius 2 is 1.80 bits per heavy atom. The van der Waals surface area contributed by atoms with Crippen LogP contribution in [0.3, 0.4) is 0 Å². The van der Waals surface area contributed by atoms with Gasteiger partial charge in [0.1, 0.15) is 11.3 Å².